The molecular formula is C26H33N2O4S. The molecule has 7 heteroatoms. The van der Waals surface area contributed by atoms with Crippen LogP contribution in [0.3, 0.4) is 0 Å². The first kappa shape index (κ1) is 23.8. The quantitative estimate of drug-likeness (QED) is 0.592. The average molecular weight is 470 g/mol. The summed E-state index contributed by atoms with van der Waals surface area (Å²) in [5.41, 5.74) is 1.96. The minimum atomic E-state index is -3.20. The first-order valence-electron chi connectivity index (χ1n) is 11.6. The second-order valence-electron chi connectivity index (χ2n) is 9.28. The van der Waals surface area contributed by atoms with Crippen molar-refractivity contribution in [3.63, 3.8) is 0 Å². The molecule has 2 aromatic rings. The molecule has 1 radical (unpaired) electrons. The summed E-state index contributed by atoms with van der Waals surface area (Å²) in [5.74, 6) is 1.13. The smallest absolute Gasteiger partial charge is 0.229 e. The number of benzene rings is 2. The second kappa shape index (κ2) is 9.85. The van der Waals surface area contributed by atoms with Gasteiger partial charge in [-0.1, -0.05) is 24.3 Å². The first-order valence-corrected chi connectivity index (χ1v) is 13.5. The highest BCUT2D eigenvalue weighted by molar-refractivity contribution is 7.90. The van der Waals surface area contributed by atoms with Crippen LogP contribution in [0.4, 0.5) is 0 Å². The molecule has 0 N–H and O–H groups in total. The Balaban J connectivity index is 1.24. The summed E-state index contributed by atoms with van der Waals surface area (Å²) in [4.78, 5) is 18.0. The van der Waals surface area contributed by atoms with Crippen LogP contribution in [-0.4, -0.2) is 63.7 Å². The van der Waals surface area contributed by atoms with E-state index in [1.54, 1.807) is 19.2 Å². The number of carbonyl (C=O) groups is 1. The van der Waals surface area contributed by atoms with E-state index in [0.29, 0.717) is 11.4 Å². The Labute approximate surface area is 197 Å². The van der Waals surface area contributed by atoms with E-state index in [1.807, 2.05) is 29.2 Å². The van der Waals surface area contributed by atoms with E-state index in [2.05, 4.69) is 23.5 Å². The van der Waals surface area contributed by atoms with Crippen LogP contribution >= 0.6 is 0 Å². The lowest BCUT2D eigenvalue weighted by atomic mass is 9.77. The van der Waals surface area contributed by atoms with Gasteiger partial charge in [-0.15, -0.1) is 0 Å². The van der Waals surface area contributed by atoms with Gasteiger partial charge in [-0.05, 0) is 87.1 Å². The third kappa shape index (κ3) is 5.58. The summed E-state index contributed by atoms with van der Waals surface area (Å²) in [6.45, 7) is 4.24. The van der Waals surface area contributed by atoms with Crippen LogP contribution in [-0.2, 0) is 21.2 Å². The van der Waals surface area contributed by atoms with Crippen LogP contribution < -0.4 is 4.74 Å². The van der Waals surface area contributed by atoms with E-state index in [0.717, 1.165) is 63.2 Å². The molecule has 0 atom stereocenters. The molecule has 1 amide bonds. The Morgan fingerprint density at radius 1 is 0.970 bits per heavy atom. The van der Waals surface area contributed by atoms with E-state index in [4.69, 9.17) is 4.74 Å². The van der Waals surface area contributed by atoms with Gasteiger partial charge in [0.25, 0.3) is 0 Å². The number of likely N-dealkylation sites (tertiary alicyclic amines) is 2. The van der Waals surface area contributed by atoms with Crippen molar-refractivity contribution in [1.29, 1.82) is 0 Å². The molecule has 2 heterocycles. The molecule has 0 aliphatic carbocycles. The summed E-state index contributed by atoms with van der Waals surface area (Å²) in [5, 5.41) is 0. The van der Waals surface area contributed by atoms with Gasteiger partial charge in [0.2, 0.25) is 5.91 Å². The Morgan fingerprint density at radius 2 is 1.61 bits per heavy atom. The first-order chi connectivity index (χ1) is 15.8. The van der Waals surface area contributed by atoms with Gasteiger partial charge in [0.15, 0.2) is 9.84 Å². The summed E-state index contributed by atoms with van der Waals surface area (Å²) in [6.07, 6.45) is 7.19. The van der Waals surface area contributed by atoms with Gasteiger partial charge in [-0.2, -0.15) is 0 Å². The fourth-order valence-electron chi connectivity index (χ4n) is 4.93. The summed E-state index contributed by atoms with van der Waals surface area (Å²) in [7, 11) is -1.53. The molecule has 0 bridgehead atoms. The molecule has 33 heavy (non-hydrogen) atoms. The van der Waals surface area contributed by atoms with Crippen molar-refractivity contribution in [2.24, 2.45) is 5.41 Å². The lowest BCUT2D eigenvalue weighted by Gasteiger charge is -2.38. The van der Waals surface area contributed by atoms with E-state index >= 15 is 0 Å². The summed E-state index contributed by atoms with van der Waals surface area (Å²) >= 11 is 0. The van der Waals surface area contributed by atoms with E-state index in [9.17, 15) is 13.2 Å². The molecule has 2 aliphatic rings. The topological polar surface area (TPSA) is 66.9 Å². The van der Waals surface area contributed by atoms with E-state index < -0.39 is 9.84 Å². The summed E-state index contributed by atoms with van der Waals surface area (Å²) < 4.78 is 28.5. The number of sulfone groups is 1. The fourth-order valence-corrected chi connectivity index (χ4v) is 5.56. The molecule has 6 nitrogen and oxygen atoms in total. The largest absolute Gasteiger partial charge is 0.497 e. The zero-order chi connectivity index (χ0) is 23.5. The van der Waals surface area contributed by atoms with Crippen LogP contribution in [0.25, 0.3) is 0 Å². The highest BCUT2D eigenvalue weighted by atomic mass is 32.2. The van der Waals surface area contributed by atoms with Gasteiger partial charge >= 0.3 is 0 Å². The molecule has 2 saturated heterocycles. The van der Waals surface area contributed by atoms with Gasteiger partial charge in [0, 0.05) is 19.3 Å². The molecule has 2 aliphatic heterocycles. The number of nitrogens with zero attached hydrogens (tertiary/aromatic N) is 2. The number of hydrogen-bond acceptors (Lipinski definition) is 5. The van der Waals surface area contributed by atoms with Gasteiger partial charge in [0.1, 0.15) is 5.75 Å². The maximum atomic E-state index is 13.3. The SMILES string of the molecule is COc1ccc([CH]CCN2CCC3(CC2)CCN(Cc2ccc(S(C)(=O)=O)cc2)C3=O)cc1. The maximum absolute atomic E-state index is 13.3. The standard InChI is InChI=1S/C26H33N2O4S/c1-32-23-9-5-21(6-10-23)4-3-16-27-17-13-26(14-18-27)15-19-28(25(26)29)20-22-7-11-24(12-8-22)33(2,30)31/h4-12H,3,13-20H2,1-2H3. The molecule has 0 saturated carbocycles. The second-order valence-corrected chi connectivity index (χ2v) is 11.3. The van der Waals surface area contributed by atoms with Crippen LogP contribution in [0.15, 0.2) is 53.4 Å². The zero-order valence-corrected chi connectivity index (χ0v) is 20.3. The highest BCUT2D eigenvalue weighted by Crippen LogP contribution is 2.42. The molecule has 4 rings (SSSR count). The van der Waals surface area contributed by atoms with Crippen molar-refractivity contribution in [1.82, 2.24) is 9.80 Å². The Hall–Kier alpha value is -2.38. The van der Waals surface area contributed by atoms with Crippen molar-refractivity contribution in [3.05, 3.63) is 66.1 Å². The van der Waals surface area contributed by atoms with Crippen molar-refractivity contribution >= 4 is 15.7 Å². The Kier molecular flexibility index (Phi) is 7.10. The van der Waals surface area contributed by atoms with Crippen molar-refractivity contribution in [3.8, 4) is 5.75 Å². The van der Waals surface area contributed by atoms with Crippen molar-refractivity contribution in [2.75, 3.05) is 39.5 Å². The molecule has 0 unspecified atom stereocenters. The minimum Gasteiger partial charge on any atom is -0.497 e. The molecule has 1 spiro atoms. The third-order valence-electron chi connectivity index (χ3n) is 7.08. The summed E-state index contributed by atoms with van der Waals surface area (Å²) in [6, 6.07) is 15.0. The van der Waals surface area contributed by atoms with Crippen LogP contribution in [0.1, 0.15) is 36.8 Å². The third-order valence-corrected chi connectivity index (χ3v) is 8.21. The van der Waals surface area contributed by atoms with Gasteiger partial charge in [0.05, 0.1) is 17.4 Å². The predicted molar refractivity (Wildman–Crippen MR) is 129 cm³/mol. The predicted octanol–water partition coefficient (Wildman–Crippen LogP) is 3.56. The van der Waals surface area contributed by atoms with Crippen molar-refractivity contribution in [2.45, 2.75) is 37.1 Å². The van der Waals surface area contributed by atoms with Gasteiger partial charge in [-0.25, -0.2) is 8.42 Å². The number of piperidine rings is 1. The number of carbonyl (C=O) groups excluding carboxylic acids is 1. The average Bonchev–Trinajstić information content (AvgIpc) is 3.10. The minimum absolute atomic E-state index is 0.219. The molecule has 0 aromatic heterocycles. The molecule has 2 aromatic carbocycles. The number of hydrogen-bond donors (Lipinski definition) is 0. The van der Waals surface area contributed by atoms with Gasteiger partial charge in [-0.3, -0.25) is 4.79 Å². The molecular weight excluding hydrogens is 436 g/mol. The number of ether oxygens (including phenoxy) is 1. The maximum Gasteiger partial charge on any atom is 0.229 e. The van der Waals surface area contributed by atoms with Gasteiger partial charge < -0.3 is 14.5 Å². The monoisotopic (exact) mass is 469 g/mol. The Bertz CT molecular complexity index is 1060. The Morgan fingerprint density at radius 3 is 2.21 bits per heavy atom. The van der Waals surface area contributed by atoms with Crippen LogP contribution in [0.2, 0.25) is 0 Å². The fraction of sp³-hybridized carbons (Fsp3) is 0.462. The lowest BCUT2D eigenvalue weighted by molar-refractivity contribution is -0.138. The van der Waals surface area contributed by atoms with E-state index in [1.165, 1.54) is 11.8 Å². The molecule has 177 valence electrons. The number of amides is 1. The van der Waals surface area contributed by atoms with Crippen LogP contribution in [0.5, 0.6) is 5.75 Å². The molecule has 2 fully saturated rings. The van der Waals surface area contributed by atoms with Crippen molar-refractivity contribution < 1.29 is 17.9 Å². The lowest BCUT2D eigenvalue weighted by Crippen LogP contribution is -2.44. The van der Waals surface area contributed by atoms with E-state index in [-0.39, 0.29) is 11.3 Å². The highest BCUT2D eigenvalue weighted by Gasteiger charge is 2.47. The normalized spacial score (nSPS) is 18.7. The zero-order valence-electron chi connectivity index (χ0n) is 19.5. The van der Waals surface area contributed by atoms with Crippen LogP contribution in [0, 0.1) is 11.8 Å². The number of rotatable bonds is 8. The number of methoxy groups -OCH3 is 1.